The molecular formula is C22H18N2O2. The first-order valence-electron chi connectivity index (χ1n) is 8.59. The quantitative estimate of drug-likeness (QED) is 0.844. The molecule has 0 aromatic heterocycles. The Morgan fingerprint density at radius 3 is 2.46 bits per heavy atom. The second kappa shape index (κ2) is 6.48. The number of benzene rings is 2. The Kier molecular flexibility index (Phi) is 4.01. The fraction of sp³-hybridized carbons (Fsp3) is 0.0909. The van der Waals surface area contributed by atoms with Crippen molar-refractivity contribution >= 4 is 17.5 Å². The van der Waals surface area contributed by atoms with Gasteiger partial charge in [0, 0.05) is 35.6 Å². The van der Waals surface area contributed by atoms with Crippen LogP contribution in [0.4, 0.5) is 0 Å². The summed E-state index contributed by atoms with van der Waals surface area (Å²) in [5, 5.41) is 0. The molecule has 2 amide bonds. The van der Waals surface area contributed by atoms with Crippen molar-refractivity contribution in [2.45, 2.75) is 6.92 Å². The zero-order valence-corrected chi connectivity index (χ0v) is 14.4. The van der Waals surface area contributed by atoms with Gasteiger partial charge in [-0.05, 0) is 42.8 Å². The third-order valence-electron chi connectivity index (χ3n) is 4.56. The lowest BCUT2D eigenvalue weighted by Crippen LogP contribution is -2.26. The molecule has 4 heteroatoms. The Hall–Kier alpha value is -3.40. The maximum atomic E-state index is 12.7. The van der Waals surface area contributed by atoms with E-state index < -0.39 is 0 Å². The highest BCUT2D eigenvalue weighted by Crippen LogP contribution is 2.36. The molecule has 2 aromatic carbocycles. The molecule has 2 aliphatic heterocycles. The summed E-state index contributed by atoms with van der Waals surface area (Å²) in [4.78, 5) is 28.5. The van der Waals surface area contributed by atoms with Crippen LogP contribution in [-0.4, -0.2) is 28.2 Å². The number of amides is 2. The summed E-state index contributed by atoms with van der Waals surface area (Å²) in [6.45, 7) is 2.51. The predicted molar refractivity (Wildman–Crippen MR) is 101 cm³/mol. The lowest BCUT2D eigenvalue weighted by atomic mass is 10.1. The van der Waals surface area contributed by atoms with E-state index in [0.29, 0.717) is 17.7 Å². The van der Waals surface area contributed by atoms with Crippen LogP contribution in [0.25, 0.3) is 5.70 Å². The molecule has 26 heavy (non-hydrogen) atoms. The Morgan fingerprint density at radius 2 is 1.73 bits per heavy atom. The van der Waals surface area contributed by atoms with Gasteiger partial charge in [-0.1, -0.05) is 36.4 Å². The van der Waals surface area contributed by atoms with Gasteiger partial charge in [0.15, 0.2) is 0 Å². The highest BCUT2D eigenvalue weighted by molar-refractivity contribution is 6.10. The van der Waals surface area contributed by atoms with Crippen LogP contribution in [0.2, 0.25) is 0 Å². The molecule has 0 saturated carbocycles. The molecular weight excluding hydrogens is 324 g/mol. The van der Waals surface area contributed by atoms with Crippen LogP contribution >= 0.6 is 0 Å². The van der Waals surface area contributed by atoms with Gasteiger partial charge < -0.3 is 4.90 Å². The van der Waals surface area contributed by atoms with Crippen molar-refractivity contribution in [3.05, 3.63) is 101 Å². The fourth-order valence-electron chi connectivity index (χ4n) is 3.22. The second-order valence-corrected chi connectivity index (χ2v) is 6.15. The van der Waals surface area contributed by atoms with E-state index in [1.165, 1.54) is 0 Å². The third-order valence-corrected chi connectivity index (χ3v) is 4.56. The number of carbonyl (C=O) groups is 2. The van der Waals surface area contributed by atoms with Gasteiger partial charge in [0.1, 0.15) is 0 Å². The van der Waals surface area contributed by atoms with E-state index in [0.717, 1.165) is 16.8 Å². The molecule has 128 valence electrons. The number of fused-ring (bicyclic) bond motifs is 3. The topological polar surface area (TPSA) is 40.6 Å². The van der Waals surface area contributed by atoms with Crippen molar-refractivity contribution in [2.75, 3.05) is 6.54 Å². The summed E-state index contributed by atoms with van der Waals surface area (Å²) in [5.74, 6) is -0.0624. The molecule has 2 heterocycles. The van der Waals surface area contributed by atoms with E-state index in [2.05, 4.69) is 0 Å². The summed E-state index contributed by atoms with van der Waals surface area (Å²) in [7, 11) is 0. The number of carbonyl (C=O) groups excluding carboxylic acids is 2. The Morgan fingerprint density at radius 1 is 1.04 bits per heavy atom. The van der Waals surface area contributed by atoms with Crippen molar-refractivity contribution in [3.63, 3.8) is 0 Å². The number of allylic oxidation sites excluding steroid dienone is 3. The highest BCUT2D eigenvalue weighted by Gasteiger charge is 2.31. The van der Waals surface area contributed by atoms with Gasteiger partial charge in [0.2, 0.25) is 0 Å². The summed E-state index contributed by atoms with van der Waals surface area (Å²) in [5.41, 5.74) is 4.01. The van der Waals surface area contributed by atoms with Crippen molar-refractivity contribution in [3.8, 4) is 0 Å². The predicted octanol–water partition coefficient (Wildman–Crippen LogP) is 4.06. The second-order valence-electron chi connectivity index (χ2n) is 6.15. The smallest absolute Gasteiger partial charge is 0.263 e. The molecule has 0 saturated heterocycles. The maximum Gasteiger partial charge on any atom is 0.263 e. The summed E-state index contributed by atoms with van der Waals surface area (Å²) in [6.07, 6.45) is 7.41. The zero-order chi connectivity index (χ0) is 18.1. The molecule has 0 N–H and O–H groups in total. The highest BCUT2D eigenvalue weighted by atomic mass is 16.2. The van der Waals surface area contributed by atoms with Crippen LogP contribution in [0.5, 0.6) is 0 Å². The van der Waals surface area contributed by atoms with E-state index >= 15 is 0 Å². The lowest BCUT2D eigenvalue weighted by Gasteiger charge is -2.21. The summed E-state index contributed by atoms with van der Waals surface area (Å²) in [6, 6.07) is 16.8. The standard InChI is InChI=1S/C22H18N2O2/c1-2-23(21(25)17-8-4-3-5-9-17)15-16-12-13-24-20(14-16)18-10-6-7-11-19(18)22(24)26/h3-15H,2H2,1H3. The SMILES string of the molecule is CCN(C=C1C=CN2C(=O)c3ccccc3C2=C1)C(=O)c1ccccc1. The van der Waals surface area contributed by atoms with E-state index in [1.54, 1.807) is 16.0 Å². The van der Waals surface area contributed by atoms with Crippen LogP contribution in [0.1, 0.15) is 33.2 Å². The van der Waals surface area contributed by atoms with Gasteiger partial charge in [0.25, 0.3) is 11.8 Å². The van der Waals surface area contributed by atoms with Crippen LogP contribution in [-0.2, 0) is 0 Å². The van der Waals surface area contributed by atoms with Crippen molar-refractivity contribution < 1.29 is 9.59 Å². The molecule has 4 nitrogen and oxygen atoms in total. The van der Waals surface area contributed by atoms with Gasteiger partial charge >= 0.3 is 0 Å². The zero-order valence-electron chi connectivity index (χ0n) is 14.4. The molecule has 0 aliphatic carbocycles. The van der Waals surface area contributed by atoms with Crippen molar-refractivity contribution in [2.24, 2.45) is 0 Å². The Labute approximate surface area is 152 Å². The lowest BCUT2D eigenvalue weighted by molar-refractivity contribution is 0.0826. The van der Waals surface area contributed by atoms with E-state index in [-0.39, 0.29) is 11.8 Å². The fourth-order valence-corrected chi connectivity index (χ4v) is 3.22. The number of nitrogens with zero attached hydrogens (tertiary/aromatic N) is 2. The monoisotopic (exact) mass is 342 g/mol. The van der Waals surface area contributed by atoms with Crippen LogP contribution in [0.15, 0.2) is 84.7 Å². The average molecular weight is 342 g/mol. The minimum absolute atomic E-state index is 0.0186. The normalized spacial score (nSPS) is 16.3. The third kappa shape index (κ3) is 2.65. The van der Waals surface area contributed by atoms with E-state index in [9.17, 15) is 9.59 Å². The molecule has 0 bridgehead atoms. The van der Waals surface area contributed by atoms with Crippen LogP contribution in [0, 0.1) is 0 Å². The van der Waals surface area contributed by atoms with Gasteiger partial charge in [0.05, 0.1) is 5.70 Å². The molecule has 0 atom stereocenters. The minimum Gasteiger partial charge on any atom is -0.315 e. The van der Waals surface area contributed by atoms with Gasteiger partial charge in [-0.3, -0.25) is 14.5 Å². The Balaban J connectivity index is 1.68. The largest absolute Gasteiger partial charge is 0.315 e. The first-order chi connectivity index (χ1) is 12.7. The van der Waals surface area contributed by atoms with E-state index in [4.69, 9.17) is 0 Å². The van der Waals surface area contributed by atoms with Crippen molar-refractivity contribution in [1.29, 1.82) is 0 Å². The first kappa shape index (κ1) is 16.1. The van der Waals surface area contributed by atoms with Gasteiger partial charge in [-0.25, -0.2) is 0 Å². The minimum atomic E-state index is -0.0438. The summed E-state index contributed by atoms with van der Waals surface area (Å²) >= 11 is 0. The molecule has 0 radical (unpaired) electrons. The molecule has 0 fully saturated rings. The van der Waals surface area contributed by atoms with E-state index in [1.807, 2.05) is 79.9 Å². The molecule has 2 aromatic rings. The Bertz CT molecular complexity index is 971. The van der Waals surface area contributed by atoms with Crippen molar-refractivity contribution in [1.82, 2.24) is 9.80 Å². The average Bonchev–Trinajstić information content (AvgIpc) is 2.98. The van der Waals surface area contributed by atoms with Crippen LogP contribution in [0.3, 0.4) is 0 Å². The summed E-state index contributed by atoms with van der Waals surface area (Å²) < 4.78 is 0. The van der Waals surface area contributed by atoms with Gasteiger partial charge in [-0.2, -0.15) is 0 Å². The molecule has 4 rings (SSSR count). The first-order valence-corrected chi connectivity index (χ1v) is 8.59. The molecule has 0 unspecified atom stereocenters. The number of hydrogen-bond acceptors (Lipinski definition) is 2. The van der Waals surface area contributed by atoms with Gasteiger partial charge in [-0.15, -0.1) is 0 Å². The van der Waals surface area contributed by atoms with Crippen LogP contribution < -0.4 is 0 Å². The molecule has 2 aliphatic rings. The number of rotatable bonds is 3. The maximum absolute atomic E-state index is 12.7. The number of hydrogen-bond donors (Lipinski definition) is 0. The molecule has 0 spiro atoms.